The minimum absolute atomic E-state index is 0.437. The molecule has 0 saturated heterocycles. The second-order valence-electron chi connectivity index (χ2n) is 5.55. The largest absolute Gasteiger partial charge is 0.481 e. The van der Waals surface area contributed by atoms with Crippen molar-refractivity contribution in [2.45, 2.75) is 39.2 Å². The topological polar surface area (TPSA) is 63.6 Å². The highest BCUT2D eigenvalue weighted by Crippen LogP contribution is 2.27. The second-order valence-corrected chi connectivity index (χ2v) is 5.55. The molecule has 104 valence electrons. The fourth-order valence-corrected chi connectivity index (χ4v) is 1.83. The fraction of sp³-hybridized carbons (Fsp3) is 0.467. The van der Waals surface area contributed by atoms with E-state index in [1.54, 1.807) is 27.7 Å². The van der Waals surface area contributed by atoms with Gasteiger partial charge in [0.1, 0.15) is 5.60 Å². The Kier molecular flexibility index (Phi) is 4.70. The van der Waals surface area contributed by atoms with E-state index in [9.17, 15) is 14.7 Å². The third-order valence-electron chi connectivity index (χ3n) is 2.75. The highest BCUT2D eigenvalue weighted by Gasteiger charge is 2.36. The number of ether oxygens (including phenoxy) is 1. The average Bonchev–Trinajstić information content (AvgIpc) is 2.27. The summed E-state index contributed by atoms with van der Waals surface area (Å²) in [6.07, 6.45) is 0. The summed E-state index contributed by atoms with van der Waals surface area (Å²) in [5.41, 5.74) is 0.113. The molecule has 0 amide bonds. The molecule has 4 nitrogen and oxygen atoms in total. The van der Waals surface area contributed by atoms with Gasteiger partial charge in [0.25, 0.3) is 0 Å². The van der Waals surface area contributed by atoms with Crippen molar-refractivity contribution >= 4 is 11.9 Å². The second kappa shape index (κ2) is 5.87. The van der Waals surface area contributed by atoms with Crippen LogP contribution < -0.4 is 0 Å². The van der Waals surface area contributed by atoms with Crippen LogP contribution in [0.1, 0.15) is 39.2 Å². The first kappa shape index (κ1) is 15.2. The molecule has 1 unspecified atom stereocenters. The quantitative estimate of drug-likeness (QED) is 0.671. The van der Waals surface area contributed by atoms with Gasteiger partial charge in [0.2, 0.25) is 0 Å². The van der Waals surface area contributed by atoms with Crippen LogP contribution in [-0.2, 0) is 14.3 Å². The maximum Gasteiger partial charge on any atom is 0.321 e. The Hall–Kier alpha value is -1.84. The number of carbonyl (C=O) groups excluding carboxylic acids is 1. The monoisotopic (exact) mass is 264 g/mol. The molecule has 0 aliphatic rings. The van der Waals surface area contributed by atoms with Crippen LogP contribution in [0.4, 0.5) is 0 Å². The van der Waals surface area contributed by atoms with Gasteiger partial charge in [0, 0.05) is 5.92 Å². The normalized spacial score (nSPS) is 14.5. The van der Waals surface area contributed by atoms with Crippen LogP contribution >= 0.6 is 0 Å². The highest BCUT2D eigenvalue weighted by molar-refractivity contribution is 5.95. The summed E-state index contributed by atoms with van der Waals surface area (Å²) in [5, 5.41) is 9.27. The molecule has 1 N–H and O–H groups in total. The van der Waals surface area contributed by atoms with Crippen LogP contribution in [0.15, 0.2) is 30.3 Å². The van der Waals surface area contributed by atoms with Gasteiger partial charge in [0.15, 0.2) is 5.92 Å². The number of rotatable bonds is 4. The molecule has 1 aromatic carbocycles. The van der Waals surface area contributed by atoms with Crippen LogP contribution in [0.25, 0.3) is 0 Å². The predicted octanol–water partition coefficient (Wildman–Crippen LogP) is 2.83. The van der Waals surface area contributed by atoms with Gasteiger partial charge in [-0.1, -0.05) is 37.3 Å². The molecule has 0 heterocycles. The summed E-state index contributed by atoms with van der Waals surface area (Å²) < 4.78 is 5.18. The van der Waals surface area contributed by atoms with Crippen molar-refractivity contribution in [3.05, 3.63) is 35.9 Å². The Morgan fingerprint density at radius 3 is 2.11 bits per heavy atom. The van der Waals surface area contributed by atoms with Crippen molar-refractivity contribution in [3.63, 3.8) is 0 Å². The van der Waals surface area contributed by atoms with Gasteiger partial charge in [0.05, 0.1) is 0 Å². The number of aliphatic carboxylic acids is 1. The molecule has 0 spiro atoms. The molecule has 0 aliphatic heterocycles. The molecule has 19 heavy (non-hydrogen) atoms. The van der Waals surface area contributed by atoms with Crippen LogP contribution in [0.3, 0.4) is 0 Å². The first-order chi connectivity index (χ1) is 8.72. The number of carbonyl (C=O) groups is 2. The summed E-state index contributed by atoms with van der Waals surface area (Å²) in [5.74, 6) is -3.49. The Morgan fingerprint density at radius 1 is 1.16 bits per heavy atom. The SMILES string of the molecule is CC(c1ccccc1)[C@H](C(=O)O)C(=O)OC(C)(C)C. The molecule has 0 aliphatic carbocycles. The number of hydrogen-bond donors (Lipinski definition) is 1. The molecule has 0 saturated carbocycles. The molecule has 0 bridgehead atoms. The van der Waals surface area contributed by atoms with E-state index >= 15 is 0 Å². The molecule has 1 aromatic rings. The summed E-state index contributed by atoms with van der Waals surface area (Å²) >= 11 is 0. The molecule has 4 heteroatoms. The lowest BCUT2D eigenvalue weighted by Crippen LogP contribution is -2.35. The van der Waals surface area contributed by atoms with E-state index in [1.807, 2.05) is 30.3 Å². The van der Waals surface area contributed by atoms with Crippen molar-refractivity contribution in [1.82, 2.24) is 0 Å². The first-order valence-electron chi connectivity index (χ1n) is 6.23. The maximum absolute atomic E-state index is 12.0. The predicted molar refractivity (Wildman–Crippen MR) is 71.8 cm³/mol. The highest BCUT2D eigenvalue weighted by atomic mass is 16.6. The summed E-state index contributed by atoms with van der Waals surface area (Å²) in [4.78, 5) is 23.4. The minimum Gasteiger partial charge on any atom is -0.481 e. The fourth-order valence-electron chi connectivity index (χ4n) is 1.83. The molecule has 1 rings (SSSR count). The lowest BCUT2D eigenvalue weighted by Gasteiger charge is -2.25. The Balaban J connectivity index is 2.96. The Labute approximate surface area is 113 Å². The van der Waals surface area contributed by atoms with Gasteiger partial charge in [-0.2, -0.15) is 0 Å². The third-order valence-corrected chi connectivity index (χ3v) is 2.75. The van der Waals surface area contributed by atoms with E-state index in [1.165, 1.54) is 0 Å². The van der Waals surface area contributed by atoms with Crippen LogP contribution in [0.2, 0.25) is 0 Å². The number of carboxylic acids is 1. The number of esters is 1. The van der Waals surface area contributed by atoms with Crippen LogP contribution in [-0.4, -0.2) is 22.6 Å². The van der Waals surface area contributed by atoms with Gasteiger partial charge < -0.3 is 9.84 Å². The Morgan fingerprint density at radius 2 is 1.68 bits per heavy atom. The van der Waals surface area contributed by atoms with Gasteiger partial charge in [-0.25, -0.2) is 0 Å². The van der Waals surface area contributed by atoms with Crippen molar-refractivity contribution in [2.24, 2.45) is 5.92 Å². The molecular formula is C15H20O4. The van der Waals surface area contributed by atoms with E-state index in [0.717, 1.165) is 5.56 Å². The van der Waals surface area contributed by atoms with Crippen molar-refractivity contribution in [1.29, 1.82) is 0 Å². The molecule has 0 radical (unpaired) electrons. The van der Waals surface area contributed by atoms with Gasteiger partial charge >= 0.3 is 11.9 Å². The average molecular weight is 264 g/mol. The zero-order valence-electron chi connectivity index (χ0n) is 11.7. The lowest BCUT2D eigenvalue weighted by molar-refractivity contribution is -0.167. The zero-order chi connectivity index (χ0) is 14.6. The molecule has 0 fully saturated rings. The van der Waals surface area contributed by atoms with Crippen molar-refractivity contribution in [2.75, 3.05) is 0 Å². The standard InChI is InChI=1S/C15H20O4/c1-10(11-8-6-5-7-9-11)12(13(16)17)14(18)19-15(2,3)4/h5-10,12H,1-4H3,(H,16,17)/t10?,12-/m1/s1. The third kappa shape index (κ3) is 4.39. The van der Waals surface area contributed by atoms with E-state index in [0.29, 0.717) is 0 Å². The van der Waals surface area contributed by atoms with Gasteiger partial charge in [-0.3, -0.25) is 9.59 Å². The van der Waals surface area contributed by atoms with E-state index in [4.69, 9.17) is 4.74 Å². The summed E-state index contributed by atoms with van der Waals surface area (Å²) in [6.45, 7) is 6.88. The minimum atomic E-state index is -1.19. The van der Waals surface area contributed by atoms with Crippen LogP contribution in [0, 0.1) is 5.92 Å². The van der Waals surface area contributed by atoms with Gasteiger partial charge in [-0.05, 0) is 26.3 Å². The van der Waals surface area contributed by atoms with Crippen molar-refractivity contribution < 1.29 is 19.4 Å². The summed E-state index contributed by atoms with van der Waals surface area (Å²) in [6, 6.07) is 9.11. The van der Waals surface area contributed by atoms with Gasteiger partial charge in [-0.15, -0.1) is 0 Å². The molecule has 2 atom stereocenters. The van der Waals surface area contributed by atoms with E-state index in [-0.39, 0.29) is 0 Å². The smallest absolute Gasteiger partial charge is 0.321 e. The van der Waals surface area contributed by atoms with Crippen LogP contribution in [0.5, 0.6) is 0 Å². The first-order valence-corrected chi connectivity index (χ1v) is 6.23. The number of carboxylic acid groups (broad SMARTS) is 1. The van der Waals surface area contributed by atoms with E-state index in [2.05, 4.69) is 0 Å². The zero-order valence-corrected chi connectivity index (χ0v) is 11.7. The molecular weight excluding hydrogens is 244 g/mol. The lowest BCUT2D eigenvalue weighted by atomic mass is 9.87. The number of hydrogen-bond acceptors (Lipinski definition) is 3. The van der Waals surface area contributed by atoms with Crippen molar-refractivity contribution in [3.8, 4) is 0 Å². The summed E-state index contributed by atoms with van der Waals surface area (Å²) in [7, 11) is 0. The Bertz CT molecular complexity index is 445. The maximum atomic E-state index is 12.0. The number of benzene rings is 1. The molecule has 0 aromatic heterocycles. The van der Waals surface area contributed by atoms with E-state index < -0.39 is 29.4 Å².